The van der Waals surface area contributed by atoms with Crippen molar-refractivity contribution in [1.82, 2.24) is 4.98 Å². The number of aryl methyl sites for hydroxylation is 1. The van der Waals surface area contributed by atoms with E-state index in [0.717, 1.165) is 21.5 Å². The molecule has 0 atom stereocenters. The molecule has 82 valence electrons. The first-order valence-electron chi connectivity index (χ1n) is 4.80. The SMILES string of the molecule is Cc1ccc(Nc2ccc(Br)cn2)c(Cl)c1. The highest BCUT2D eigenvalue weighted by molar-refractivity contribution is 9.10. The summed E-state index contributed by atoms with van der Waals surface area (Å²) >= 11 is 9.45. The van der Waals surface area contributed by atoms with Crippen molar-refractivity contribution in [2.45, 2.75) is 6.92 Å². The maximum atomic E-state index is 6.11. The maximum Gasteiger partial charge on any atom is 0.130 e. The summed E-state index contributed by atoms with van der Waals surface area (Å²) in [6, 6.07) is 9.69. The van der Waals surface area contributed by atoms with E-state index in [4.69, 9.17) is 11.6 Å². The van der Waals surface area contributed by atoms with Crippen LogP contribution >= 0.6 is 27.5 Å². The Morgan fingerprint density at radius 2 is 2.06 bits per heavy atom. The minimum absolute atomic E-state index is 0.699. The van der Waals surface area contributed by atoms with Gasteiger partial charge < -0.3 is 5.32 Å². The van der Waals surface area contributed by atoms with E-state index >= 15 is 0 Å². The summed E-state index contributed by atoms with van der Waals surface area (Å²) in [7, 11) is 0. The molecule has 0 saturated carbocycles. The lowest BCUT2D eigenvalue weighted by Gasteiger charge is -2.08. The molecule has 0 bridgehead atoms. The minimum Gasteiger partial charge on any atom is -0.339 e. The van der Waals surface area contributed by atoms with Gasteiger partial charge >= 0.3 is 0 Å². The van der Waals surface area contributed by atoms with Crippen molar-refractivity contribution < 1.29 is 0 Å². The molecule has 0 aliphatic heterocycles. The number of hydrogen-bond donors (Lipinski definition) is 1. The largest absolute Gasteiger partial charge is 0.339 e. The van der Waals surface area contributed by atoms with Gasteiger partial charge in [-0.05, 0) is 52.7 Å². The maximum absolute atomic E-state index is 6.11. The van der Waals surface area contributed by atoms with Crippen molar-refractivity contribution in [3.8, 4) is 0 Å². The molecule has 0 aliphatic carbocycles. The van der Waals surface area contributed by atoms with E-state index in [-0.39, 0.29) is 0 Å². The first-order valence-corrected chi connectivity index (χ1v) is 5.97. The molecule has 1 aromatic carbocycles. The lowest BCUT2D eigenvalue weighted by Crippen LogP contribution is -1.93. The highest BCUT2D eigenvalue weighted by Gasteiger charge is 2.01. The van der Waals surface area contributed by atoms with Gasteiger partial charge in [0, 0.05) is 10.7 Å². The molecule has 0 amide bonds. The third-order valence-corrected chi connectivity index (χ3v) is 2.90. The second-order valence-electron chi connectivity index (χ2n) is 3.47. The number of anilines is 2. The molecule has 2 nitrogen and oxygen atoms in total. The fourth-order valence-electron chi connectivity index (χ4n) is 1.31. The third-order valence-electron chi connectivity index (χ3n) is 2.11. The number of rotatable bonds is 2. The zero-order chi connectivity index (χ0) is 11.5. The summed E-state index contributed by atoms with van der Waals surface area (Å²) in [6.45, 7) is 2.01. The van der Waals surface area contributed by atoms with Gasteiger partial charge in [-0.2, -0.15) is 0 Å². The monoisotopic (exact) mass is 296 g/mol. The predicted molar refractivity (Wildman–Crippen MR) is 71.4 cm³/mol. The van der Waals surface area contributed by atoms with Crippen LogP contribution in [0.3, 0.4) is 0 Å². The molecule has 0 fully saturated rings. The Labute approximate surface area is 108 Å². The molecular formula is C12H10BrClN2. The van der Waals surface area contributed by atoms with Crippen LogP contribution in [0.1, 0.15) is 5.56 Å². The van der Waals surface area contributed by atoms with Gasteiger partial charge in [0.05, 0.1) is 10.7 Å². The normalized spacial score (nSPS) is 10.2. The molecule has 0 saturated heterocycles. The molecule has 1 aromatic heterocycles. The quantitative estimate of drug-likeness (QED) is 0.879. The van der Waals surface area contributed by atoms with Crippen LogP contribution in [0.15, 0.2) is 41.0 Å². The first-order chi connectivity index (χ1) is 7.65. The van der Waals surface area contributed by atoms with Crippen molar-refractivity contribution in [1.29, 1.82) is 0 Å². The number of nitrogens with one attached hydrogen (secondary N) is 1. The van der Waals surface area contributed by atoms with E-state index in [1.165, 1.54) is 0 Å². The fraction of sp³-hybridized carbons (Fsp3) is 0.0833. The van der Waals surface area contributed by atoms with Crippen molar-refractivity contribution in [2.24, 2.45) is 0 Å². The second kappa shape index (κ2) is 4.85. The number of benzene rings is 1. The van der Waals surface area contributed by atoms with Crippen molar-refractivity contribution >= 4 is 39.0 Å². The molecule has 2 aromatic rings. The highest BCUT2D eigenvalue weighted by atomic mass is 79.9. The Hall–Kier alpha value is -1.06. The topological polar surface area (TPSA) is 24.9 Å². The molecule has 0 radical (unpaired) electrons. The lowest BCUT2D eigenvalue weighted by molar-refractivity contribution is 1.29. The van der Waals surface area contributed by atoms with Gasteiger partial charge in [0.2, 0.25) is 0 Å². The summed E-state index contributed by atoms with van der Waals surface area (Å²) in [5, 5.41) is 3.86. The summed E-state index contributed by atoms with van der Waals surface area (Å²) in [6.07, 6.45) is 1.74. The summed E-state index contributed by atoms with van der Waals surface area (Å²) in [5.41, 5.74) is 2.00. The molecule has 1 heterocycles. The summed E-state index contributed by atoms with van der Waals surface area (Å²) < 4.78 is 0.952. The first kappa shape index (κ1) is 11.4. The standard InChI is InChI=1S/C12H10BrClN2/c1-8-2-4-11(10(14)6-8)16-12-5-3-9(13)7-15-12/h2-7H,1H3,(H,15,16). The van der Waals surface area contributed by atoms with Crippen molar-refractivity contribution in [2.75, 3.05) is 5.32 Å². The molecule has 2 rings (SSSR count). The van der Waals surface area contributed by atoms with Crippen LogP contribution in [0.5, 0.6) is 0 Å². The molecule has 0 spiro atoms. The van der Waals surface area contributed by atoms with Crippen LogP contribution < -0.4 is 5.32 Å². The Morgan fingerprint density at radius 1 is 1.25 bits per heavy atom. The predicted octanol–water partition coefficient (Wildman–Crippen LogP) is 4.55. The highest BCUT2D eigenvalue weighted by Crippen LogP contribution is 2.25. The smallest absolute Gasteiger partial charge is 0.130 e. The number of hydrogen-bond acceptors (Lipinski definition) is 2. The molecule has 4 heteroatoms. The fourth-order valence-corrected chi connectivity index (χ4v) is 1.83. The van der Waals surface area contributed by atoms with Crippen LogP contribution in [-0.4, -0.2) is 4.98 Å². The van der Waals surface area contributed by atoms with E-state index in [1.807, 2.05) is 37.3 Å². The Bertz CT molecular complexity index is 497. The lowest BCUT2D eigenvalue weighted by atomic mass is 10.2. The van der Waals surface area contributed by atoms with Crippen LogP contribution in [0, 0.1) is 6.92 Å². The van der Waals surface area contributed by atoms with Crippen LogP contribution in [0.4, 0.5) is 11.5 Å². The van der Waals surface area contributed by atoms with Gasteiger partial charge in [-0.15, -0.1) is 0 Å². The van der Waals surface area contributed by atoms with Gasteiger partial charge in [0.1, 0.15) is 5.82 Å². The number of aromatic nitrogens is 1. The number of pyridine rings is 1. The Kier molecular flexibility index (Phi) is 3.46. The zero-order valence-electron chi connectivity index (χ0n) is 8.67. The van der Waals surface area contributed by atoms with Gasteiger partial charge in [0.25, 0.3) is 0 Å². The minimum atomic E-state index is 0.699. The van der Waals surface area contributed by atoms with Gasteiger partial charge in [-0.3, -0.25) is 0 Å². The van der Waals surface area contributed by atoms with E-state index < -0.39 is 0 Å². The van der Waals surface area contributed by atoms with Gasteiger partial charge in [-0.1, -0.05) is 17.7 Å². The molecule has 0 unspecified atom stereocenters. The average Bonchev–Trinajstić information content (AvgIpc) is 2.25. The Morgan fingerprint density at radius 3 is 2.69 bits per heavy atom. The van der Waals surface area contributed by atoms with E-state index in [9.17, 15) is 0 Å². The van der Waals surface area contributed by atoms with Crippen LogP contribution in [-0.2, 0) is 0 Å². The summed E-state index contributed by atoms with van der Waals surface area (Å²) in [5.74, 6) is 0.772. The molecule has 16 heavy (non-hydrogen) atoms. The zero-order valence-corrected chi connectivity index (χ0v) is 11.0. The van der Waals surface area contributed by atoms with E-state index in [1.54, 1.807) is 6.20 Å². The van der Waals surface area contributed by atoms with Crippen molar-refractivity contribution in [3.05, 3.63) is 51.6 Å². The second-order valence-corrected chi connectivity index (χ2v) is 4.79. The molecular weight excluding hydrogens is 288 g/mol. The van der Waals surface area contributed by atoms with Gasteiger partial charge in [0.15, 0.2) is 0 Å². The Balaban J connectivity index is 2.23. The average molecular weight is 298 g/mol. The molecule has 0 aliphatic rings. The number of nitrogens with zero attached hydrogens (tertiary/aromatic N) is 1. The third kappa shape index (κ3) is 2.74. The van der Waals surface area contributed by atoms with Gasteiger partial charge in [-0.25, -0.2) is 4.98 Å². The van der Waals surface area contributed by atoms with E-state index in [0.29, 0.717) is 5.02 Å². The van der Waals surface area contributed by atoms with Crippen LogP contribution in [0.2, 0.25) is 5.02 Å². The van der Waals surface area contributed by atoms with E-state index in [2.05, 4.69) is 26.2 Å². The van der Waals surface area contributed by atoms with Crippen molar-refractivity contribution in [3.63, 3.8) is 0 Å². The molecule has 1 N–H and O–H groups in total. The van der Waals surface area contributed by atoms with Crippen LogP contribution in [0.25, 0.3) is 0 Å². The number of halogens is 2. The summed E-state index contributed by atoms with van der Waals surface area (Å²) in [4.78, 5) is 4.22.